The van der Waals surface area contributed by atoms with Crippen LogP contribution < -0.4 is 0 Å². The van der Waals surface area contributed by atoms with Crippen molar-refractivity contribution >= 4 is 0 Å². The first-order chi connectivity index (χ1) is 7.16. The van der Waals surface area contributed by atoms with Gasteiger partial charge in [0.05, 0.1) is 18.8 Å². The maximum absolute atomic E-state index is 9.27. The second kappa shape index (κ2) is 5.33. The number of aliphatic hydroxyl groups is 1. The molecule has 0 unspecified atom stereocenters. The van der Waals surface area contributed by atoms with Crippen LogP contribution >= 0.6 is 0 Å². The predicted molar refractivity (Wildman–Crippen MR) is 59.5 cm³/mol. The van der Waals surface area contributed by atoms with Gasteiger partial charge in [0.2, 0.25) is 0 Å². The van der Waals surface area contributed by atoms with Gasteiger partial charge in [0.25, 0.3) is 0 Å². The quantitative estimate of drug-likeness (QED) is 0.756. The molecule has 1 N–H and O–H groups in total. The molecule has 0 bridgehead atoms. The number of hydrogen-bond acceptors (Lipinski definition) is 3. The molecular weight excluding hydrogens is 192 g/mol. The molecule has 0 saturated heterocycles. The van der Waals surface area contributed by atoms with Crippen LogP contribution in [0.15, 0.2) is 24.0 Å². The minimum absolute atomic E-state index is 0.00153. The highest BCUT2D eigenvalue weighted by atomic mass is 16.5. The van der Waals surface area contributed by atoms with Gasteiger partial charge >= 0.3 is 0 Å². The molecule has 0 amide bonds. The fraction of sp³-hybridized carbons (Fsp3) is 0.667. The Morgan fingerprint density at radius 2 is 2.13 bits per heavy atom. The van der Waals surface area contributed by atoms with Gasteiger partial charge in [-0.05, 0) is 32.9 Å². The van der Waals surface area contributed by atoms with Gasteiger partial charge in [0, 0.05) is 12.5 Å². The molecule has 0 aliphatic heterocycles. The zero-order valence-electron chi connectivity index (χ0n) is 9.69. The van der Waals surface area contributed by atoms with Gasteiger partial charge in [-0.3, -0.25) is 0 Å². The van der Waals surface area contributed by atoms with Crippen molar-refractivity contribution in [2.75, 3.05) is 19.8 Å². The van der Waals surface area contributed by atoms with Crippen molar-refractivity contribution in [2.24, 2.45) is 5.92 Å². The summed E-state index contributed by atoms with van der Waals surface area (Å²) in [6, 6.07) is 0. The Morgan fingerprint density at radius 3 is 2.67 bits per heavy atom. The lowest BCUT2D eigenvalue weighted by atomic mass is 9.85. The van der Waals surface area contributed by atoms with Crippen LogP contribution in [0.25, 0.3) is 0 Å². The Morgan fingerprint density at radius 1 is 1.40 bits per heavy atom. The molecule has 0 heterocycles. The third kappa shape index (κ3) is 2.83. The molecule has 3 nitrogen and oxygen atoms in total. The van der Waals surface area contributed by atoms with Gasteiger partial charge in [-0.1, -0.05) is 6.08 Å². The van der Waals surface area contributed by atoms with Crippen LogP contribution in [0, 0.1) is 5.92 Å². The molecule has 0 aromatic rings. The third-order valence-corrected chi connectivity index (χ3v) is 2.62. The summed E-state index contributed by atoms with van der Waals surface area (Å²) in [5, 5.41) is 9.27. The van der Waals surface area contributed by atoms with E-state index < -0.39 is 5.60 Å². The van der Waals surface area contributed by atoms with Crippen LogP contribution in [0.2, 0.25) is 0 Å². The van der Waals surface area contributed by atoms with Crippen molar-refractivity contribution in [3.05, 3.63) is 24.0 Å². The average Bonchev–Trinajstić information content (AvgIpc) is 2.18. The van der Waals surface area contributed by atoms with E-state index in [2.05, 4.69) is 0 Å². The van der Waals surface area contributed by atoms with Crippen LogP contribution in [0.3, 0.4) is 0 Å². The van der Waals surface area contributed by atoms with E-state index in [1.54, 1.807) is 0 Å². The van der Waals surface area contributed by atoms with Gasteiger partial charge in [-0.15, -0.1) is 0 Å². The van der Waals surface area contributed by atoms with Crippen molar-refractivity contribution < 1.29 is 14.6 Å². The summed E-state index contributed by atoms with van der Waals surface area (Å²) in [7, 11) is 0. The summed E-state index contributed by atoms with van der Waals surface area (Å²) in [6.07, 6.45) is 5.78. The summed E-state index contributed by atoms with van der Waals surface area (Å²) < 4.78 is 11.1. The van der Waals surface area contributed by atoms with Gasteiger partial charge in [-0.25, -0.2) is 0 Å². The standard InChI is InChI=1S/C12H20O3/c1-4-14-11-7-6-10(9-13)12(3,8-11)15-5-2/h6-8,10,13H,4-5,9H2,1-3H3/t10-,12+/m0/s1. The molecule has 1 rings (SSSR count). The number of allylic oxidation sites excluding steroid dienone is 1. The molecule has 0 radical (unpaired) electrons. The Kier molecular flexibility index (Phi) is 4.36. The first-order valence-electron chi connectivity index (χ1n) is 5.45. The SMILES string of the molecule is CCOC1=C[C@@](C)(OCC)[C@H](CO)C=C1. The highest BCUT2D eigenvalue weighted by Crippen LogP contribution is 2.30. The van der Waals surface area contributed by atoms with Crippen molar-refractivity contribution in [3.63, 3.8) is 0 Å². The maximum atomic E-state index is 9.27. The van der Waals surface area contributed by atoms with E-state index in [9.17, 15) is 5.11 Å². The second-order valence-corrected chi connectivity index (χ2v) is 3.74. The van der Waals surface area contributed by atoms with Crippen molar-refractivity contribution in [1.82, 2.24) is 0 Å². The first kappa shape index (κ1) is 12.3. The smallest absolute Gasteiger partial charge is 0.117 e. The van der Waals surface area contributed by atoms with Crippen molar-refractivity contribution in [3.8, 4) is 0 Å². The molecule has 15 heavy (non-hydrogen) atoms. The number of rotatable bonds is 5. The monoisotopic (exact) mass is 212 g/mol. The van der Waals surface area contributed by atoms with Crippen LogP contribution in [0.1, 0.15) is 20.8 Å². The van der Waals surface area contributed by atoms with Gasteiger partial charge in [0.1, 0.15) is 5.76 Å². The first-order valence-corrected chi connectivity index (χ1v) is 5.45. The van der Waals surface area contributed by atoms with Crippen LogP contribution in [0.5, 0.6) is 0 Å². The summed E-state index contributed by atoms with van der Waals surface area (Å²) in [6.45, 7) is 7.22. The van der Waals surface area contributed by atoms with Gasteiger partial charge in [0.15, 0.2) is 0 Å². The molecule has 1 aliphatic rings. The summed E-state index contributed by atoms with van der Waals surface area (Å²) in [5.41, 5.74) is -0.456. The molecule has 3 heteroatoms. The molecule has 0 aromatic heterocycles. The number of ether oxygens (including phenoxy) is 2. The fourth-order valence-corrected chi connectivity index (χ4v) is 1.80. The van der Waals surface area contributed by atoms with Crippen LogP contribution in [-0.2, 0) is 9.47 Å². The van der Waals surface area contributed by atoms with Crippen molar-refractivity contribution in [1.29, 1.82) is 0 Å². The highest BCUT2D eigenvalue weighted by Gasteiger charge is 2.33. The molecule has 2 atom stereocenters. The van der Waals surface area contributed by atoms with E-state index in [-0.39, 0.29) is 12.5 Å². The maximum Gasteiger partial charge on any atom is 0.117 e. The molecule has 86 valence electrons. The molecule has 0 spiro atoms. The Labute approximate surface area is 91.4 Å². The largest absolute Gasteiger partial charge is 0.494 e. The zero-order chi connectivity index (χ0) is 11.3. The van der Waals surface area contributed by atoms with Crippen LogP contribution in [-0.4, -0.2) is 30.5 Å². The lowest BCUT2D eigenvalue weighted by Crippen LogP contribution is -2.39. The van der Waals surface area contributed by atoms with Crippen molar-refractivity contribution in [2.45, 2.75) is 26.4 Å². The zero-order valence-corrected chi connectivity index (χ0v) is 9.69. The molecular formula is C12H20O3. The summed E-state index contributed by atoms with van der Waals surface area (Å²) in [5.74, 6) is 0.819. The van der Waals surface area contributed by atoms with Gasteiger partial charge < -0.3 is 14.6 Å². The fourth-order valence-electron chi connectivity index (χ4n) is 1.80. The Hall–Kier alpha value is -0.800. The highest BCUT2D eigenvalue weighted by molar-refractivity contribution is 5.26. The lowest BCUT2D eigenvalue weighted by Gasteiger charge is -2.34. The summed E-state index contributed by atoms with van der Waals surface area (Å²) >= 11 is 0. The van der Waals surface area contributed by atoms with E-state index >= 15 is 0 Å². The Bertz CT molecular complexity index is 258. The normalized spacial score (nSPS) is 30.1. The lowest BCUT2D eigenvalue weighted by molar-refractivity contribution is -0.0355. The third-order valence-electron chi connectivity index (χ3n) is 2.62. The topological polar surface area (TPSA) is 38.7 Å². The minimum Gasteiger partial charge on any atom is -0.494 e. The van der Waals surface area contributed by atoms with Gasteiger partial charge in [-0.2, -0.15) is 0 Å². The Balaban J connectivity index is 2.83. The summed E-state index contributed by atoms with van der Waals surface area (Å²) in [4.78, 5) is 0. The number of aliphatic hydroxyl groups excluding tert-OH is 1. The molecule has 1 aliphatic carbocycles. The predicted octanol–water partition coefficient (Wildman–Crippen LogP) is 1.88. The minimum atomic E-state index is -0.456. The van der Waals surface area contributed by atoms with E-state index in [0.29, 0.717) is 13.2 Å². The second-order valence-electron chi connectivity index (χ2n) is 3.74. The van der Waals surface area contributed by atoms with E-state index in [4.69, 9.17) is 9.47 Å². The van der Waals surface area contributed by atoms with E-state index in [1.807, 2.05) is 39.0 Å². The molecule has 0 saturated carbocycles. The molecule has 0 fully saturated rings. The van der Waals surface area contributed by atoms with E-state index in [1.165, 1.54) is 0 Å². The molecule has 0 aromatic carbocycles. The van der Waals surface area contributed by atoms with E-state index in [0.717, 1.165) is 5.76 Å². The average molecular weight is 212 g/mol. The van der Waals surface area contributed by atoms with Crippen LogP contribution in [0.4, 0.5) is 0 Å². The number of hydrogen-bond donors (Lipinski definition) is 1.